The zero-order chi connectivity index (χ0) is 21.7. The number of ether oxygens (including phenoxy) is 1. The molecule has 0 aliphatic carbocycles. The largest absolute Gasteiger partial charge is 0.497 e. The van der Waals surface area contributed by atoms with Crippen LogP contribution in [0.5, 0.6) is 5.75 Å². The fraction of sp³-hybridized carbons (Fsp3) is 0.0952. The molecule has 0 radical (unpaired) electrons. The van der Waals surface area contributed by atoms with E-state index in [1.807, 2.05) is 19.1 Å². The van der Waals surface area contributed by atoms with Crippen molar-refractivity contribution in [3.8, 4) is 5.75 Å². The number of hydrogen-bond acceptors (Lipinski definition) is 4. The van der Waals surface area contributed by atoms with E-state index in [9.17, 15) is 8.42 Å². The Morgan fingerprint density at radius 3 is 2.07 bits per heavy atom. The van der Waals surface area contributed by atoms with Crippen LogP contribution in [0.25, 0.3) is 0 Å². The molecule has 0 bridgehead atoms. The van der Waals surface area contributed by atoms with Crippen molar-refractivity contribution in [3.05, 3.63) is 77.3 Å². The number of methoxy groups -OCH3 is 1. The predicted molar refractivity (Wildman–Crippen MR) is 126 cm³/mol. The maximum absolute atomic E-state index is 12.6. The standard InChI is InChI=1S/C21H20ClN3O3S2/c1-14-3-4-17(13-20(14)22)24-21(29)23-15-7-11-19(12-8-15)30(26,27)25-16-5-9-18(28-2)10-6-16/h3-13,25H,1-2H3,(H2,23,24,29). The molecule has 0 saturated heterocycles. The van der Waals surface area contributed by atoms with E-state index in [4.69, 9.17) is 28.6 Å². The van der Waals surface area contributed by atoms with Gasteiger partial charge in [-0.2, -0.15) is 0 Å². The van der Waals surface area contributed by atoms with Crippen LogP contribution in [0.2, 0.25) is 5.02 Å². The fourth-order valence-electron chi connectivity index (χ4n) is 2.55. The lowest BCUT2D eigenvalue weighted by molar-refractivity contribution is 0.415. The molecular weight excluding hydrogens is 442 g/mol. The molecule has 30 heavy (non-hydrogen) atoms. The maximum atomic E-state index is 12.6. The Kier molecular flexibility index (Phi) is 6.81. The molecule has 3 N–H and O–H groups in total. The molecule has 0 unspecified atom stereocenters. The number of halogens is 1. The molecule has 3 aromatic carbocycles. The third-order valence-corrected chi connectivity index (χ3v) is 6.20. The third-order valence-electron chi connectivity index (χ3n) is 4.19. The molecule has 3 aromatic rings. The van der Waals surface area contributed by atoms with Crippen molar-refractivity contribution in [2.24, 2.45) is 0 Å². The molecule has 0 saturated carbocycles. The minimum atomic E-state index is -3.72. The zero-order valence-electron chi connectivity index (χ0n) is 16.3. The topological polar surface area (TPSA) is 79.5 Å². The highest BCUT2D eigenvalue weighted by molar-refractivity contribution is 7.92. The van der Waals surface area contributed by atoms with Gasteiger partial charge in [-0.05, 0) is 85.4 Å². The van der Waals surface area contributed by atoms with E-state index in [2.05, 4.69) is 15.4 Å². The first kappa shape index (κ1) is 21.9. The highest BCUT2D eigenvalue weighted by Crippen LogP contribution is 2.22. The summed E-state index contributed by atoms with van der Waals surface area (Å²) in [6.07, 6.45) is 0. The summed E-state index contributed by atoms with van der Waals surface area (Å²) < 4.78 is 32.8. The smallest absolute Gasteiger partial charge is 0.261 e. The first-order valence-corrected chi connectivity index (χ1v) is 11.1. The average Bonchev–Trinajstić information content (AvgIpc) is 2.71. The van der Waals surface area contributed by atoms with Gasteiger partial charge in [0.05, 0.1) is 12.0 Å². The van der Waals surface area contributed by atoms with Crippen LogP contribution in [-0.4, -0.2) is 20.6 Å². The first-order chi connectivity index (χ1) is 14.3. The van der Waals surface area contributed by atoms with E-state index in [1.54, 1.807) is 49.6 Å². The number of aryl methyl sites for hydroxylation is 1. The van der Waals surface area contributed by atoms with Gasteiger partial charge in [-0.15, -0.1) is 0 Å². The molecule has 156 valence electrons. The molecule has 0 heterocycles. The maximum Gasteiger partial charge on any atom is 0.261 e. The van der Waals surface area contributed by atoms with Gasteiger partial charge in [-0.1, -0.05) is 17.7 Å². The molecule has 9 heteroatoms. The zero-order valence-corrected chi connectivity index (χ0v) is 18.7. The van der Waals surface area contributed by atoms with Crippen LogP contribution in [-0.2, 0) is 10.0 Å². The summed E-state index contributed by atoms with van der Waals surface area (Å²) in [5.41, 5.74) is 2.82. The highest BCUT2D eigenvalue weighted by Gasteiger charge is 2.14. The SMILES string of the molecule is COc1ccc(NS(=O)(=O)c2ccc(NC(=S)Nc3ccc(C)c(Cl)c3)cc2)cc1. The average molecular weight is 462 g/mol. The van der Waals surface area contributed by atoms with Gasteiger partial charge in [0.25, 0.3) is 10.0 Å². The van der Waals surface area contributed by atoms with E-state index in [-0.39, 0.29) is 4.90 Å². The number of rotatable bonds is 6. The number of nitrogens with one attached hydrogen (secondary N) is 3. The lowest BCUT2D eigenvalue weighted by Crippen LogP contribution is -2.19. The van der Waals surface area contributed by atoms with Gasteiger partial charge in [-0.3, -0.25) is 4.72 Å². The Labute approximate surface area is 186 Å². The summed E-state index contributed by atoms with van der Waals surface area (Å²) in [6, 6.07) is 18.4. The Balaban J connectivity index is 1.64. The van der Waals surface area contributed by atoms with E-state index in [1.165, 1.54) is 12.1 Å². The number of anilines is 3. The van der Waals surface area contributed by atoms with Crippen molar-refractivity contribution in [1.82, 2.24) is 0 Å². The van der Waals surface area contributed by atoms with Crippen LogP contribution in [0, 0.1) is 6.92 Å². The number of benzene rings is 3. The van der Waals surface area contributed by atoms with Crippen molar-refractivity contribution >= 4 is 56.0 Å². The molecule has 0 aliphatic heterocycles. The summed E-state index contributed by atoms with van der Waals surface area (Å²) in [4.78, 5) is 0.132. The minimum Gasteiger partial charge on any atom is -0.497 e. The molecule has 0 fully saturated rings. The quantitative estimate of drug-likeness (QED) is 0.434. The lowest BCUT2D eigenvalue weighted by Gasteiger charge is -2.12. The summed E-state index contributed by atoms with van der Waals surface area (Å²) in [7, 11) is -2.17. The molecular formula is C21H20ClN3O3S2. The molecule has 0 spiro atoms. The third kappa shape index (κ3) is 5.63. The van der Waals surface area contributed by atoms with Gasteiger partial charge < -0.3 is 15.4 Å². The predicted octanol–water partition coefficient (Wildman–Crippen LogP) is 5.27. The molecule has 6 nitrogen and oxygen atoms in total. The second-order valence-corrected chi connectivity index (χ2v) is 8.90. The van der Waals surface area contributed by atoms with Crippen molar-refractivity contribution in [3.63, 3.8) is 0 Å². The van der Waals surface area contributed by atoms with Crippen molar-refractivity contribution in [1.29, 1.82) is 0 Å². The van der Waals surface area contributed by atoms with Crippen LogP contribution >= 0.6 is 23.8 Å². The van der Waals surface area contributed by atoms with Crippen LogP contribution < -0.4 is 20.1 Å². The van der Waals surface area contributed by atoms with Crippen molar-refractivity contribution in [2.45, 2.75) is 11.8 Å². The van der Waals surface area contributed by atoms with Crippen LogP contribution in [0.4, 0.5) is 17.1 Å². The summed E-state index contributed by atoms with van der Waals surface area (Å²) >= 11 is 11.4. The normalized spacial score (nSPS) is 10.9. The monoisotopic (exact) mass is 461 g/mol. The van der Waals surface area contributed by atoms with E-state index in [0.717, 1.165) is 11.3 Å². The van der Waals surface area contributed by atoms with E-state index >= 15 is 0 Å². The van der Waals surface area contributed by atoms with Crippen molar-refractivity contribution < 1.29 is 13.2 Å². The Hall–Kier alpha value is -2.81. The Morgan fingerprint density at radius 1 is 0.900 bits per heavy atom. The van der Waals surface area contributed by atoms with Crippen LogP contribution in [0.1, 0.15) is 5.56 Å². The summed E-state index contributed by atoms with van der Waals surface area (Å²) in [6.45, 7) is 1.92. The van der Waals surface area contributed by atoms with Gasteiger partial charge in [-0.25, -0.2) is 8.42 Å². The summed E-state index contributed by atoms with van der Waals surface area (Å²) in [5.74, 6) is 0.644. The second kappa shape index (κ2) is 9.34. The molecule has 0 atom stereocenters. The van der Waals surface area contributed by atoms with Crippen molar-refractivity contribution in [2.75, 3.05) is 22.5 Å². The van der Waals surface area contributed by atoms with Gasteiger partial charge >= 0.3 is 0 Å². The highest BCUT2D eigenvalue weighted by atomic mass is 35.5. The Bertz CT molecular complexity index is 1150. The van der Waals surface area contributed by atoms with Gasteiger partial charge in [0.15, 0.2) is 5.11 Å². The first-order valence-electron chi connectivity index (χ1n) is 8.88. The van der Waals surface area contributed by atoms with Crippen LogP contribution in [0.15, 0.2) is 71.6 Å². The van der Waals surface area contributed by atoms with Crippen LogP contribution in [0.3, 0.4) is 0 Å². The molecule has 0 amide bonds. The fourth-order valence-corrected chi connectivity index (χ4v) is 4.03. The van der Waals surface area contributed by atoms with Gasteiger partial charge in [0, 0.05) is 22.1 Å². The number of hydrogen-bond donors (Lipinski definition) is 3. The van der Waals surface area contributed by atoms with Gasteiger partial charge in [0.2, 0.25) is 0 Å². The molecule has 3 rings (SSSR count). The molecule has 0 aliphatic rings. The summed E-state index contributed by atoms with van der Waals surface area (Å²) in [5, 5.41) is 7.06. The van der Waals surface area contributed by atoms with E-state index in [0.29, 0.717) is 27.3 Å². The minimum absolute atomic E-state index is 0.132. The number of thiocarbonyl (C=S) groups is 1. The van der Waals surface area contributed by atoms with E-state index < -0.39 is 10.0 Å². The lowest BCUT2D eigenvalue weighted by atomic mass is 10.2. The number of sulfonamides is 1. The molecule has 0 aromatic heterocycles. The van der Waals surface area contributed by atoms with Gasteiger partial charge in [0.1, 0.15) is 5.75 Å². The Morgan fingerprint density at radius 2 is 1.47 bits per heavy atom. The second-order valence-electron chi connectivity index (χ2n) is 6.40.